The normalized spacial score (nSPS) is 11.8. The monoisotopic (exact) mass is 262 g/mol. The quantitative estimate of drug-likeness (QED) is 0.924. The van der Waals surface area contributed by atoms with Gasteiger partial charge in [-0.25, -0.2) is 14.1 Å². The molecule has 2 heterocycles. The van der Waals surface area contributed by atoms with Gasteiger partial charge in [-0.05, 0) is 39.3 Å². The van der Waals surface area contributed by atoms with Crippen molar-refractivity contribution in [3.05, 3.63) is 41.6 Å². The zero-order valence-corrected chi connectivity index (χ0v) is 11.7. The minimum atomic E-state index is -0.335. The number of nitrogens with zero attached hydrogens (tertiary/aromatic N) is 3. The Morgan fingerprint density at radius 2 is 2.05 bits per heavy atom. The zero-order chi connectivity index (χ0) is 14.0. The van der Waals surface area contributed by atoms with Crippen LogP contribution >= 0.6 is 0 Å². The van der Waals surface area contributed by atoms with Gasteiger partial charge in [-0.15, -0.1) is 0 Å². The second-order valence-corrected chi connectivity index (χ2v) is 5.70. The highest BCUT2D eigenvalue weighted by Crippen LogP contribution is 2.14. The highest BCUT2D eigenvalue weighted by Gasteiger charge is 2.13. The summed E-state index contributed by atoms with van der Waals surface area (Å²) in [5.74, 6) is 0.324. The Labute approximate surface area is 112 Å². The number of halogens is 1. The molecule has 0 atom stereocenters. The Morgan fingerprint density at radius 1 is 1.32 bits per heavy atom. The molecule has 2 aromatic rings. The molecule has 0 aromatic carbocycles. The Bertz CT molecular complexity index is 569. The van der Waals surface area contributed by atoms with E-state index in [9.17, 15) is 4.39 Å². The summed E-state index contributed by atoms with van der Waals surface area (Å²) in [7, 11) is 0. The lowest BCUT2D eigenvalue weighted by atomic mass is 10.1. The number of hydrogen-bond acceptors (Lipinski definition) is 3. The lowest BCUT2D eigenvalue weighted by Crippen LogP contribution is -2.35. The highest BCUT2D eigenvalue weighted by molar-refractivity contribution is 5.33. The van der Waals surface area contributed by atoms with E-state index in [1.807, 2.05) is 13.1 Å². The van der Waals surface area contributed by atoms with Gasteiger partial charge in [0.1, 0.15) is 5.82 Å². The van der Waals surface area contributed by atoms with Crippen LogP contribution in [0.5, 0.6) is 0 Å². The fraction of sp³-hybridized carbons (Fsp3) is 0.429. The molecule has 0 bridgehead atoms. The van der Waals surface area contributed by atoms with Gasteiger partial charge in [0.05, 0.1) is 12.4 Å². The Kier molecular flexibility index (Phi) is 3.66. The van der Waals surface area contributed by atoms with Crippen molar-refractivity contribution in [2.45, 2.75) is 39.8 Å². The summed E-state index contributed by atoms with van der Waals surface area (Å²) in [5.41, 5.74) is 1.79. The molecule has 0 aliphatic heterocycles. The average molecular weight is 262 g/mol. The minimum absolute atomic E-state index is 0.0381. The molecule has 0 radical (unpaired) electrons. The van der Waals surface area contributed by atoms with Gasteiger partial charge in [0, 0.05) is 23.8 Å². The number of aromatic nitrogens is 3. The summed E-state index contributed by atoms with van der Waals surface area (Å²) in [6, 6.07) is 1.50. The summed E-state index contributed by atoms with van der Waals surface area (Å²) >= 11 is 0. The number of rotatable bonds is 3. The van der Waals surface area contributed by atoms with Crippen molar-refractivity contribution in [3.8, 4) is 5.82 Å². The second-order valence-electron chi connectivity index (χ2n) is 5.70. The maximum absolute atomic E-state index is 13.4. The third kappa shape index (κ3) is 3.61. The number of hydrogen-bond donors (Lipinski definition) is 1. The molecule has 2 rings (SSSR count). The summed E-state index contributed by atoms with van der Waals surface area (Å²) in [6.45, 7) is 8.70. The number of pyridine rings is 1. The first kappa shape index (κ1) is 13.7. The van der Waals surface area contributed by atoms with Gasteiger partial charge < -0.3 is 5.32 Å². The first-order chi connectivity index (χ1) is 8.85. The molecule has 5 heteroatoms. The van der Waals surface area contributed by atoms with Crippen molar-refractivity contribution >= 4 is 0 Å². The van der Waals surface area contributed by atoms with Crippen LogP contribution in [0.2, 0.25) is 0 Å². The van der Waals surface area contributed by atoms with E-state index in [2.05, 4.69) is 36.2 Å². The van der Waals surface area contributed by atoms with E-state index in [1.165, 1.54) is 12.3 Å². The van der Waals surface area contributed by atoms with Crippen LogP contribution in [0, 0.1) is 12.7 Å². The van der Waals surface area contributed by atoms with Crippen LogP contribution in [0.3, 0.4) is 0 Å². The summed E-state index contributed by atoms with van der Waals surface area (Å²) < 4.78 is 15.0. The molecule has 2 aromatic heterocycles. The lowest BCUT2D eigenvalue weighted by molar-refractivity contribution is 0.422. The Morgan fingerprint density at radius 3 is 2.63 bits per heavy atom. The Hall–Kier alpha value is -1.75. The molecular formula is C14H19FN4. The topological polar surface area (TPSA) is 42.7 Å². The zero-order valence-electron chi connectivity index (χ0n) is 11.7. The van der Waals surface area contributed by atoms with Crippen LogP contribution in [0.25, 0.3) is 5.82 Å². The molecule has 0 saturated carbocycles. The van der Waals surface area contributed by atoms with Gasteiger partial charge in [-0.2, -0.15) is 5.10 Å². The summed E-state index contributed by atoms with van der Waals surface area (Å²) in [5, 5.41) is 7.56. The fourth-order valence-corrected chi connectivity index (χ4v) is 1.70. The van der Waals surface area contributed by atoms with Crippen LogP contribution in [0.1, 0.15) is 31.9 Å². The average Bonchev–Trinajstić information content (AvgIpc) is 2.72. The van der Waals surface area contributed by atoms with Crippen LogP contribution in [0.15, 0.2) is 24.7 Å². The summed E-state index contributed by atoms with van der Waals surface area (Å²) in [6.07, 6.45) is 4.85. The fourth-order valence-electron chi connectivity index (χ4n) is 1.70. The van der Waals surface area contributed by atoms with Gasteiger partial charge in [-0.3, -0.25) is 0 Å². The van der Waals surface area contributed by atoms with E-state index >= 15 is 0 Å². The minimum Gasteiger partial charge on any atom is -0.308 e. The third-order valence-electron chi connectivity index (χ3n) is 2.65. The summed E-state index contributed by atoms with van der Waals surface area (Å²) in [4.78, 5) is 4.15. The van der Waals surface area contributed by atoms with Gasteiger partial charge in [0.2, 0.25) is 0 Å². The van der Waals surface area contributed by atoms with Gasteiger partial charge in [-0.1, -0.05) is 0 Å². The molecule has 0 unspecified atom stereocenters. The van der Waals surface area contributed by atoms with Crippen molar-refractivity contribution in [2.75, 3.05) is 0 Å². The molecule has 0 spiro atoms. The predicted octanol–water partition coefficient (Wildman–Crippen LogP) is 2.60. The van der Waals surface area contributed by atoms with Crippen molar-refractivity contribution < 1.29 is 4.39 Å². The van der Waals surface area contributed by atoms with Crippen LogP contribution in [-0.4, -0.2) is 20.3 Å². The standard InChI is InChI=1S/C14H19FN4/c1-10-6-18-19(9-10)13-11(5-12(15)8-16-13)7-17-14(2,3)4/h5-6,8-9,17H,7H2,1-4H3. The van der Waals surface area contributed by atoms with Crippen molar-refractivity contribution in [1.29, 1.82) is 0 Å². The first-order valence-electron chi connectivity index (χ1n) is 6.26. The second kappa shape index (κ2) is 5.09. The van der Waals surface area contributed by atoms with Crippen molar-refractivity contribution in [2.24, 2.45) is 0 Å². The molecule has 0 fully saturated rings. The molecule has 0 saturated heterocycles. The highest BCUT2D eigenvalue weighted by atomic mass is 19.1. The lowest BCUT2D eigenvalue weighted by Gasteiger charge is -2.21. The molecular weight excluding hydrogens is 243 g/mol. The molecule has 102 valence electrons. The molecule has 0 amide bonds. The Balaban J connectivity index is 2.33. The van der Waals surface area contributed by atoms with Crippen LogP contribution < -0.4 is 5.32 Å². The molecule has 1 N–H and O–H groups in total. The predicted molar refractivity (Wildman–Crippen MR) is 72.6 cm³/mol. The molecule has 0 aliphatic carbocycles. The third-order valence-corrected chi connectivity index (χ3v) is 2.65. The van der Waals surface area contributed by atoms with E-state index in [-0.39, 0.29) is 11.4 Å². The van der Waals surface area contributed by atoms with E-state index in [1.54, 1.807) is 10.9 Å². The van der Waals surface area contributed by atoms with Gasteiger partial charge in [0.25, 0.3) is 0 Å². The first-order valence-corrected chi connectivity index (χ1v) is 6.26. The van der Waals surface area contributed by atoms with Crippen molar-refractivity contribution in [1.82, 2.24) is 20.1 Å². The molecule has 0 aliphatic rings. The molecule has 4 nitrogen and oxygen atoms in total. The van der Waals surface area contributed by atoms with Crippen LogP contribution in [-0.2, 0) is 6.54 Å². The smallest absolute Gasteiger partial charge is 0.157 e. The van der Waals surface area contributed by atoms with Gasteiger partial charge in [0.15, 0.2) is 5.82 Å². The van der Waals surface area contributed by atoms with Crippen LogP contribution in [0.4, 0.5) is 4.39 Å². The largest absolute Gasteiger partial charge is 0.308 e. The van der Waals surface area contributed by atoms with E-state index in [0.717, 1.165) is 11.1 Å². The maximum atomic E-state index is 13.4. The van der Waals surface area contributed by atoms with Crippen molar-refractivity contribution in [3.63, 3.8) is 0 Å². The van der Waals surface area contributed by atoms with E-state index < -0.39 is 0 Å². The number of aryl methyl sites for hydroxylation is 1. The van der Waals surface area contributed by atoms with Gasteiger partial charge >= 0.3 is 0 Å². The van der Waals surface area contributed by atoms with E-state index in [0.29, 0.717) is 12.4 Å². The maximum Gasteiger partial charge on any atom is 0.157 e. The van der Waals surface area contributed by atoms with E-state index in [4.69, 9.17) is 0 Å². The number of nitrogens with one attached hydrogen (secondary N) is 1. The SMILES string of the molecule is Cc1cnn(-c2ncc(F)cc2CNC(C)(C)C)c1. The molecule has 19 heavy (non-hydrogen) atoms.